The predicted molar refractivity (Wildman–Crippen MR) is 155 cm³/mol. The SMILES string of the molecule is CC(C)(C)OC(=O)N[C@H](CO[Si](C)(C)C(C)(C)C)[C@@H](CO[I-]C(=O)c1ccccc1)O[Si](C)(C)C(C)(C)C. The third kappa shape index (κ3) is 11.8. The molecular weight excluding hydrogens is 629 g/mol. The molecule has 1 N–H and O–H groups in total. The molecule has 1 rings (SSSR count). The predicted octanol–water partition coefficient (Wildman–Crippen LogP) is 4.15. The van der Waals surface area contributed by atoms with Gasteiger partial charge in [0.25, 0.3) is 0 Å². The number of carbonyl (C=O) groups excluding carboxylic acids is 2. The van der Waals surface area contributed by atoms with Crippen molar-refractivity contribution in [3.63, 3.8) is 0 Å². The molecule has 1 aromatic carbocycles. The van der Waals surface area contributed by atoms with E-state index in [1.807, 2.05) is 39.0 Å². The Labute approximate surface area is 244 Å². The molecule has 0 spiro atoms. The summed E-state index contributed by atoms with van der Waals surface area (Å²) in [5.41, 5.74) is 0.00117. The molecule has 0 radical (unpaired) electrons. The van der Waals surface area contributed by atoms with Crippen molar-refractivity contribution in [2.75, 3.05) is 13.2 Å². The summed E-state index contributed by atoms with van der Waals surface area (Å²) in [6.07, 6.45) is -1.03. The molecule has 0 aromatic heterocycles. The Morgan fingerprint density at radius 1 is 0.842 bits per heavy atom. The summed E-state index contributed by atoms with van der Waals surface area (Å²) in [4.78, 5) is 25.6. The van der Waals surface area contributed by atoms with Crippen LogP contribution in [0.4, 0.5) is 4.79 Å². The van der Waals surface area contributed by atoms with E-state index in [1.54, 1.807) is 12.1 Å². The van der Waals surface area contributed by atoms with Gasteiger partial charge in [-0.15, -0.1) is 0 Å². The fourth-order valence-electron chi connectivity index (χ4n) is 2.76. The van der Waals surface area contributed by atoms with Gasteiger partial charge in [0.1, 0.15) is 0 Å². The Hall–Kier alpha value is -0.796. The van der Waals surface area contributed by atoms with Gasteiger partial charge in [0.15, 0.2) is 0 Å². The average molecular weight is 681 g/mol. The number of carbonyl (C=O) groups is 2. The summed E-state index contributed by atoms with van der Waals surface area (Å²) in [6, 6.07) is 8.67. The molecule has 2 atom stereocenters. The van der Waals surface area contributed by atoms with Crippen molar-refractivity contribution in [1.29, 1.82) is 0 Å². The maximum absolute atomic E-state index is 12.9. The van der Waals surface area contributed by atoms with Crippen molar-refractivity contribution in [3.05, 3.63) is 35.9 Å². The molecule has 0 heterocycles. The quantitative estimate of drug-likeness (QED) is 0.203. The average Bonchev–Trinajstić information content (AvgIpc) is 2.73. The van der Waals surface area contributed by atoms with Crippen LogP contribution in [-0.4, -0.2) is 57.5 Å². The van der Waals surface area contributed by atoms with Crippen molar-refractivity contribution in [2.45, 2.75) is 116 Å². The van der Waals surface area contributed by atoms with E-state index >= 15 is 0 Å². The number of ether oxygens (including phenoxy) is 1. The number of alkyl carbamates (subject to hydrolysis) is 1. The molecule has 0 saturated carbocycles. The monoisotopic (exact) mass is 680 g/mol. The second-order valence-electron chi connectivity index (χ2n) is 13.7. The Balaban J connectivity index is 3.24. The summed E-state index contributed by atoms with van der Waals surface area (Å²) in [5.74, 6) is 0. The van der Waals surface area contributed by atoms with Crippen molar-refractivity contribution in [3.8, 4) is 0 Å². The van der Waals surface area contributed by atoms with E-state index in [0.717, 1.165) is 0 Å². The van der Waals surface area contributed by atoms with Gasteiger partial charge in [-0.05, 0) is 0 Å². The Bertz CT molecular complexity index is 905. The number of rotatable bonds is 12. The van der Waals surface area contributed by atoms with Crippen molar-refractivity contribution < 1.29 is 47.9 Å². The zero-order valence-electron chi connectivity index (χ0n) is 25.8. The van der Waals surface area contributed by atoms with E-state index in [9.17, 15) is 9.59 Å². The fourth-order valence-corrected chi connectivity index (χ4v) is 6.56. The van der Waals surface area contributed by atoms with Crippen LogP contribution in [0.1, 0.15) is 72.7 Å². The van der Waals surface area contributed by atoms with Gasteiger partial charge >= 0.3 is 245 Å². The molecule has 10 heteroatoms. The molecule has 0 aliphatic carbocycles. The fraction of sp³-hybridized carbons (Fsp3) is 0.714. The maximum atomic E-state index is 12.9. The van der Waals surface area contributed by atoms with Gasteiger partial charge in [-0.3, -0.25) is 0 Å². The van der Waals surface area contributed by atoms with Crippen molar-refractivity contribution >= 4 is 26.5 Å². The summed E-state index contributed by atoms with van der Waals surface area (Å²) in [7, 11) is -4.39. The van der Waals surface area contributed by atoms with Crippen LogP contribution in [0.15, 0.2) is 30.3 Å². The second-order valence-corrected chi connectivity index (χ2v) is 25.3. The van der Waals surface area contributed by atoms with Crippen LogP contribution < -0.4 is 26.9 Å². The van der Waals surface area contributed by atoms with Gasteiger partial charge in [0.05, 0.1) is 0 Å². The Morgan fingerprint density at radius 2 is 1.37 bits per heavy atom. The Morgan fingerprint density at radius 3 is 1.84 bits per heavy atom. The number of amides is 1. The first-order valence-electron chi connectivity index (χ1n) is 13.2. The van der Waals surface area contributed by atoms with Crippen LogP contribution in [0.2, 0.25) is 36.3 Å². The van der Waals surface area contributed by atoms with E-state index in [4.69, 9.17) is 16.7 Å². The van der Waals surface area contributed by atoms with E-state index in [0.29, 0.717) is 5.56 Å². The summed E-state index contributed by atoms with van der Waals surface area (Å²) in [5, 5.41) is 2.97. The number of benzene rings is 1. The van der Waals surface area contributed by atoms with E-state index in [-0.39, 0.29) is 27.1 Å². The number of halogens is 1. The first kappa shape index (κ1) is 35.2. The third-order valence-electron chi connectivity index (χ3n) is 7.19. The zero-order chi connectivity index (χ0) is 29.6. The zero-order valence-corrected chi connectivity index (χ0v) is 29.9. The van der Waals surface area contributed by atoms with Crippen LogP contribution >= 0.6 is 0 Å². The van der Waals surface area contributed by atoms with E-state index in [2.05, 4.69) is 73.0 Å². The first-order valence-corrected chi connectivity index (χ1v) is 21.0. The standard InChI is InChI=1S/C28H51INO6Si2/c1-26(2,3)35-25(32)30-22(19-34-37(10,11)27(4,5)6)23(36-38(12,13)28(7,8)9)20-33-29-24(31)21-17-15-14-16-18-21/h14-18,22-23H,19-20H2,1-13H3,(H,30,32)/q-1/t22-,23-/m1/s1. The molecule has 1 aromatic rings. The number of nitrogens with one attached hydrogen (secondary N) is 1. The molecule has 0 saturated heterocycles. The molecule has 1 amide bonds. The molecule has 0 fully saturated rings. The normalized spacial score (nSPS) is 15.2. The number of hydrogen-bond acceptors (Lipinski definition) is 6. The van der Waals surface area contributed by atoms with Crippen LogP contribution in [-0.2, 0) is 16.7 Å². The van der Waals surface area contributed by atoms with Crippen LogP contribution in [0.3, 0.4) is 0 Å². The van der Waals surface area contributed by atoms with E-state index < -0.39 is 62.1 Å². The number of hydrogen-bond donors (Lipinski definition) is 1. The molecule has 0 aliphatic heterocycles. The molecule has 220 valence electrons. The van der Waals surface area contributed by atoms with Gasteiger partial charge < -0.3 is 0 Å². The van der Waals surface area contributed by atoms with Gasteiger partial charge in [-0.2, -0.15) is 0 Å². The Kier molecular flexibility index (Phi) is 12.7. The first-order chi connectivity index (χ1) is 17.1. The van der Waals surface area contributed by atoms with E-state index in [1.165, 1.54) is 0 Å². The summed E-state index contributed by atoms with van der Waals surface area (Å²) in [6.45, 7) is 27.7. The van der Waals surface area contributed by atoms with Gasteiger partial charge in [-0.25, -0.2) is 0 Å². The second kappa shape index (κ2) is 13.7. The van der Waals surface area contributed by atoms with Crippen LogP contribution in [0, 0.1) is 0 Å². The van der Waals surface area contributed by atoms with Crippen molar-refractivity contribution in [1.82, 2.24) is 5.32 Å². The summed E-state index contributed by atoms with van der Waals surface area (Å²) < 4.78 is 25.0. The van der Waals surface area contributed by atoms with Gasteiger partial charge in [0.2, 0.25) is 0 Å². The van der Waals surface area contributed by atoms with Crippen molar-refractivity contribution in [2.24, 2.45) is 0 Å². The molecule has 38 heavy (non-hydrogen) atoms. The molecule has 0 aliphatic rings. The molecular formula is C28H51INO6Si2-. The van der Waals surface area contributed by atoms with Gasteiger partial charge in [0, 0.05) is 0 Å². The topological polar surface area (TPSA) is 83.1 Å². The molecule has 0 unspecified atom stereocenters. The van der Waals surface area contributed by atoms with Crippen LogP contribution in [0.25, 0.3) is 0 Å². The summed E-state index contributed by atoms with van der Waals surface area (Å²) >= 11 is -1.22. The molecule has 7 nitrogen and oxygen atoms in total. The molecule has 0 bridgehead atoms. The minimum absolute atomic E-state index is 0.00330. The van der Waals surface area contributed by atoms with Crippen LogP contribution in [0.5, 0.6) is 0 Å². The van der Waals surface area contributed by atoms with Gasteiger partial charge in [-0.1, -0.05) is 0 Å². The minimum atomic E-state index is -2.27. The third-order valence-corrected chi connectivity index (χ3v) is 17.9.